The van der Waals surface area contributed by atoms with Gasteiger partial charge < -0.3 is 4.43 Å². The van der Waals surface area contributed by atoms with Gasteiger partial charge in [0.25, 0.3) is 0 Å². The fourth-order valence-corrected chi connectivity index (χ4v) is 3.60. The van der Waals surface area contributed by atoms with Crippen LogP contribution < -0.4 is 0 Å². The van der Waals surface area contributed by atoms with Crippen LogP contribution in [-0.2, 0) is 9.22 Å². The molecule has 72 valence electrons. The number of hydrogen-bond donors (Lipinski definition) is 0. The molecule has 0 aliphatic heterocycles. The van der Waals surface area contributed by atoms with Crippen molar-refractivity contribution in [1.29, 1.82) is 0 Å². The van der Waals surface area contributed by atoms with Crippen molar-refractivity contribution in [3.8, 4) is 0 Å². The number of hydrogen-bond acceptors (Lipinski definition) is 2. The van der Waals surface area contributed by atoms with Crippen LogP contribution in [0.4, 0.5) is 0 Å². The van der Waals surface area contributed by atoms with E-state index in [1.807, 2.05) is 20.8 Å². The Balaban J connectivity index is 4.28. The molecule has 0 fully saturated rings. The van der Waals surface area contributed by atoms with Crippen molar-refractivity contribution < 1.29 is 9.22 Å². The lowest BCUT2D eigenvalue weighted by Crippen LogP contribution is -2.40. The summed E-state index contributed by atoms with van der Waals surface area (Å²) in [5.74, 6) is 0.243. The van der Waals surface area contributed by atoms with Crippen LogP contribution in [0.3, 0.4) is 0 Å². The maximum Gasteiger partial charge on any atom is 0.197 e. The summed E-state index contributed by atoms with van der Waals surface area (Å²) in [5.41, 5.74) is 0.0971. The van der Waals surface area contributed by atoms with E-state index in [0.29, 0.717) is 0 Å². The number of carbonyl (C=O) groups is 1. The van der Waals surface area contributed by atoms with Gasteiger partial charge in [-0.25, -0.2) is 0 Å². The first kappa shape index (κ1) is 11.8. The lowest BCUT2D eigenvalue weighted by molar-refractivity contribution is -0.117. The van der Waals surface area contributed by atoms with Gasteiger partial charge in [0.1, 0.15) is 5.78 Å². The molecule has 0 saturated carbocycles. The Morgan fingerprint density at radius 1 is 1.25 bits per heavy atom. The van der Waals surface area contributed by atoms with Gasteiger partial charge in [0.15, 0.2) is 8.32 Å². The summed E-state index contributed by atoms with van der Waals surface area (Å²) in [6, 6.07) is 0. The van der Waals surface area contributed by atoms with E-state index in [4.69, 9.17) is 4.43 Å². The first-order valence-electron chi connectivity index (χ1n) is 4.45. The second-order valence-electron chi connectivity index (χ2n) is 4.10. The molecule has 0 aromatic carbocycles. The van der Waals surface area contributed by atoms with Crippen LogP contribution in [-0.4, -0.2) is 20.2 Å². The van der Waals surface area contributed by atoms with Crippen molar-refractivity contribution in [1.82, 2.24) is 0 Å². The molecule has 0 amide bonds. The van der Waals surface area contributed by atoms with Crippen molar-refractivity contribution in [3.63, 3.8) is 0 Å². The molecule has 1 unspecified atom stereocenters. The summed E-state index contributed by atoms with van der Waals surface area (Å²) in [4.78, 5) is 11.1. The van der Waals surface area contributed by atoms with Gasteiger partial charge in [0.05, 0.1) is 0 Å². The van der Waals surface area contributed by atoms with E-state index in [0.717, 1.165) is 0 Å². The van der Waals surface area contributed by atoms with Crippen molar-refractivity contribution in [2.45, 2.75) is 52.4 Å². The van der Waals surface area contributed by atoms with Crippen molar-refractivity contribution in [2.24, 2.45) is 0 Å². The Hall–Kier alpha value is -0.153. The van der Waals surface area contributed by atoms with Gasteiger partial charge in [-0.3, -0.25) is 4.79 Å². The van der Waals surface area contributed by atoms with Crippen molar-refractivity contribution in [3.05, 3.63) is 0 Å². The SMILES string of the molecule is CC(=O)C(C)[Si](C)(C)OC(C)C. The Kier molecular flexibility index (Phi) is 4.13. The number of carbonyl (C=O) groups excluding carboxylic acids is 1. The van der Waals surface area contributed by atoms with E-state index in [1.165, 1.54) is 0 Å². The van der Waals surface area contributed by atoms with E-state index in [2.05, 4.69) is 13.1 Å². The molecule has 0 bridgehead atoms. The molecule has 0 spiro atoms. The number of rotatable bonds is 4. The third kappa shape index (κ3) is 3.50. The minimum absolute atomic E-state index is 0.0971. The molecule has 0 rings (SSSR count). The molecular formula is C9H20O2Si. The third-order valence-corrected chi connectivity index (χ3v) is 5.76. The number of ketones is 1. The fourth-order valence-electron chi connectivity index (χ4n) is 1.20. The topological polar surface area (TPSA) is 26.3 Å². The average molecular weight is 188 g/mol. The summed E-state index contributed by atoms with van der Waals surface area (Å²) >= 11 is 0. The van der Waals surface area contributed by atoms with Crippen LogP contribution in [0.15, 0.2) is 0 Å². The van der Waals surface area contributed by atoms with Crippen LogP contribution >= 0.6 is 0 Å². The summed E-state index contributed by atoms with van der Waals surface area (Å²) in [6.07, 6.45) is 0.230. The molecule has 12 heavy (non-hydrogen) atoms. The highest BCUT2D eigenvalue weighted by molar-refractivity contribution is 6.75. The van der Waals surface area contributed by atoms with Crippen molar-refractivity contribution >= 4 is 14.1 Å². The molecule has 3 heteroatoms. The van der Waals surface area contributed by atoms with Crippen LogP contribution in [0.1, 0.15) is 27.7 Å². The second-order valence-corrected chi connectivity index (χ2v) is 8.41. The zero-order chi connectivity index (χ0) is 9.94. The standard InChI is InChI=1S/C9H20O2Si/c1-7(2)11-12(5,6)9(4)8(3)10/h7,9H,1-6H3. The van der Waals surface area contributed by atoms with Crippen LogP contribution in [0.5, 0.6) is 0 Å². The molecule has 0 heterocycles. The van der Waals surface area contributed by atoms with Gasteiger partial charge in [-0.2, -0.15) is 0 Å². The molecule has 0 saturated heterocycles. The van der Waals surface area contributed by atoms with E-state index in [9.17, 15) is 4.79 Å². The molecule has 0 aliphatic carbocycles. The number of Topliss-reactive ketones (excluding diaryl/α,β-unsaturated/α-hetero) is 1. The summed E-state index contributed by atoms with van der Waals surface area (Å²) in [7, 11) is -1.78. The van der Waals surface area contributed by atoms with E-state index < -0.39 is 8.32 Å². The lowest BCUT2D eigenvalue weighted by atomic mass is 10.3. The molecular weight excluding hydrogens is 168 g/mol. The highest BCUT2D eigenvalue weighted by Gasteiger charge is 2.34. The first-order chi connectivity index (χ1) is 5.27. The molecule has 2 nitrogen and oxygen atoms in total. The van der Waals surface area contributed by atoms with Gasteiger partial charge in [-0.15, -0.1) is 0 Å². The lowest BCUT2D eigenvalue weighted by Gasteiger charge is -2.29. The van der Waals surface area contributed by atoms with E-state index in [-0.39, 0.29) is 17.4 Å². The zero-order valence-electron chi connectivity index (χ0n) is 8.97. The summed E-state index contributed by atoms with van der Waals surface area (Å²) < 4.78 is 5.78. The average Bonchev–Trinajstić information content (AvgIpc) is 1.82. The summed E-state index contributed by atoms with van der Waals surface area (Å²) in [6.45, 7) is 11.8. The minimum Gasteiger partial charge on any atom is -0.414 e. The Labute approximate surface area is 76.4 Å². The normalized spacial score (nSPS) is 14.9. The highest BCUT2D eigenvalue weighted by atomic mass is 28.4. The Bertz CT molecular complexity index is 164. The maximum atomic E-state index is 11.1. The van der Waals surface area contributed by atoms with Gasteiger partial charge in [-0.1, -0.05) is 6.92 Å². The predicted molar refractivity (Wildman–Crippen MR) is 53.8 cm³/mol. The molecule has 0 radical (unpaired) electrons. The van der Waals surface area contributed by atoms with Gasteiger partial charge in [-0.05, 0) is 33.9 Å². The third-order valence-electron chi connectivity index (χ3n) is 2.19. The smallest absolute Gasteiger partial charge is 0.197 e. The van der Waals surface area contributed by atoms with Gasteiger partial charge in [0, 0.05) is 11.6 Å². The maximum absolute atomic E-state index is 11.1. The summed E-state index contributed by atoms with van der Waals surface area (Å²) in [5, 5.41) is 0. The first-order valence-corrected chi connectivity index (χ1v) is 7.44. The minimum atomic E-state index is -1.78. The van der Waals surface area contributed by atoms with E-state index >= 15 is 0 Å². The quantitative estimate of drug-likeness (QED) is 0.634. The zero-order valence-corrected chi connectivity index (χ0v) is 9.97. The monoisotopic (exact) mass is 188 g/mol. The predicted octanol–water partition coefficient (Wildman–Crippen LogP) is 2.60. The van der Waals surface area contributed by atoms with Crippen molar-refractivity contribution in [2.75, 3.05) is 0 Å². The van der Waals surface area contributed by atoms with Crippen LogP contribution in [0.2, 0.25) is 18.6 Å². The second kappa shape index (κ2) is 4.19. The Morgan fingerprint density at radius 2 is 1.67 bits per heavy atom. The molecule has 0 aliphatic rings. The largest absolute Gasteiger partial charge is 0.414 e. The van der Waals surface area contributed by atoms with E-state index in [1.54, 1.807) is 6.92 Å². The van der Waals surface area contributed by atoms with Crippen LogP contribution in [0, 0.1) is 0 Å². The molecule has 1 atom stereocenters. The fraction of sp³-hybridized carbons (Fsp3) is 0.889. The Morgan fingerprint density at radius 3 is 1.92 bits per heavy atom. The van der Waals surface area contributed by atoms with Gasteiger partial charge in [0.2, 0.25) is 0 Å². The highest BCUT2D eigenvalue weighted by Crippen LogP contribution is 2.24. The molecule has 0 aromatic rings. The van der Waals surface area contributed by atoms with Crippen LogP contribution in [0.25, 0.3) is 0 Å². The molecule has 0 N–H and O–H groups in total. The molecule has 0 aromatic heterocycles. The van der Waals surface area contributed by atoms with Gasteiger partial charge >= 0.3 is 0 Å².